The van der Waals surface area contributed by atoms with E-state index >= 15 is 0 Å². The molecule has 0 saturated carbocycles. The van der Waals surface area contributed by atoms with Crippen LogP contribution in [0.5, 0.6) is 0 Å². The summed E-state index contributed by atoms with van der Waals surface area (Å²) in [7, 11) is 0. The number of rotatable bonds is 3. The molecule has 1 unspecified atom stereocenters. The van der Waals surface area contributed by atoms with Gasteiger partial charge in [0.25, 0.3) is 0 Å². The smallest absolute Gasteiger partial charge is 0.143 e. The van der Waals surface area contributed by atoms with Crippen LogP contribution >= 0.6 is 11.3 Å². The molecule has 262 valence electrons. The van der Waals surface area contributed by atoms with Crippen LogP contribution in [0.2, 0.25) is 0 Å². The lowest BCUT2D eigenvalue weighted by Gasteiger charge is -2.32. The average Bonchev–Trinajstić information content (AvgIpc) is 4.06. The molecule has 0 aliphatic heterocycles. The van der Waals surface area contributed by atoms with E-state index in [1.807, 2.05) is 11.3 Å². The minimum absolute atomic E-state index is 0.505. The Balaban J connectivity index is 1.14. The third kappa shape index (κ3) is 3.66. The lowest BCUT2D eigenvalue weighted by molar-refractivity contribution is 0.670. The maximum absolute atomic E-state index is 6.77. The van der Waals surface area contributed by atoms with Crippen molar-refractivity contribution in [2.75, 3.05) is 0 Å². The lowest BCUT2D eigenvalue weighted by atomic mass is 9.69. The van der Waals surface area contributed by atoms with Gasteiger partial charge in [-0.3, -0.25) is 0 Å². The second-order valence-electron chi connectivity index (χ2n) is 15.8. The summed E-state index contributed by atoms with van der Waals surface area (Å²) in [6.07, 6.45) is 0. The predicted molar refractivity (Wildman–Crippen MR) is 238 cm³/mol. The van der Waals surface area contributed by atoms with Gasteiger partial charge in [-0.25, -0.2) is 0 Å². The Morgan fingerprint density at radius 3 is 1.86 bits per heavy atom. The Hall–Kier alpha value is -7.00. The molecule has 0 saturated heterocycles. The summed E-state index contributed by atoms with van der Waals surface area (Å²) in [6, 6.07) is 68.1. The molecule has 9 aromatic carbocycles. The molecule has 2 aromatic heterocycles. The van der Waals surface area contributed by atoms with Crippen LogP contribution in [0.15, 0.2) is 186 Å². The topological polar surface area (TPSA) is 13.1 Å². The summed E-state index contributed by atoms with van der Waals surface area (Å²) < 4.78 is 8.10. The zero-order valence-electron chi connectivity index (χ0n) is 30.6. The first-order chi connectivity index (χ1) is 28.3. The maximum atomic E-state index is 6.77. The summed E-state index contributed by atoms with van der Waals surface area (Å²) in [4.78, 5) is 1.39. The van der Waals surface area contributed by atoms with Gasteiger partial charge in [0.1, 0.15) is 11.2 Å². The van der Waals surface area contributed by atoms with Crippen molar-refractivity contribution in [2.24, 2.45) is 0 Å². The molecule has 0 amide bonds. The SMILES string of the molecule is c1ccc2c(c1)-c1cccc3c(-c4cc(-c5cccc6c5oc5ccccc56)cc(C56c7ccccc7-c7cccc(c75)-c5sc7ccccc7c56)c4)ccc-2c13. The average molecular weight is 739 g/mol. The standard InChI is InChI=1S/C55H30OS/c1-2-13-37-36(12-1)41-19-10-18-40-34(26-27-42(37)50(40)41)31-28-32(35-17-9-21-44-39-15-4-7-24-48(39)56-53(35)44)30-33(29-31)55-47-23-6-3-14-38(47)43-20-11-22-46(51(43)55)54-52(55)45-16-5-8-25-49(45)57-54/h1-30H. The molecule has 0 fully saturated rings. The van der Waals surface area contributed by atoms with Crippen LogP contribution < -0.4 is 0 Å². The van der Waals surface area contributed by atoms with Gasteiger partial charge in [0.2, 0.25) is 0 Å². The quantitative estimate of drug-likeness (QED) is 0.176. The largest absolute Gasteiger partial charge is 0.455 e. The van der Waals surface area contributed by atoms with Crippen LogP contribution in [0.25, 0.3) is 109 Å². The first kappa shape index (κ1) is 30.2. The number of hydrogen-bond donors (Lipinski definition) is 0. The Kier molecular flexibility index (Phi) is 5.65. The van der Waals surface area contributed by atoms with Crippen molar-refractivity contribution in [3.63, 3.8) is 0 Å². The van der Waals surface area contributed by atoms with Gasteiger partial charge in [-0.1, -0.05) is 152 Å². The molecule has 3 aliphatic carbocycles. The van der Waals surface area contributed by atoms with Crippen molar-refractivity contribution < 1.29 is 4.42 Å². The van der Waals surface area contributed by atoms with E-state index in [-0.39, 0.29) is 0 Å². The van der Waals surface area contributed by atoms with Crippen LogP contribution in [0.1, 0.15) is 22.3 Å². The minimum atomic E-state index is -0.505. The number of hydrogen-bond acceptors (Lipinski definition) is 2. The Labute approximate surface area is 332 Å². The highest BCUT2D eigenvalue weighted by atomic mass is 32.1. The number of thiophene rings is 1. The number of para-hydroxylation sites is 2. The second-order valence-corrected chi connectivity index (χ2v) is 16.9. The zero-order chi connectivity index (χ0) is 37.0. The van der Waals surface area contributed by atoms with Gasteiger partial charge in [0.15, 0.2) is 0 Å². The number of fused-ring (bicyclic) bond motifs is 14. The normalized spacial score (nSPS) is 15.4. The third-order valence-corrected chi connectivity index (χ3v) is 14.4. The molecule has 0 N–H and O–H groups in total. The Morgan fingerprint density at radius 1 is 0.386 bits per heavy atom. The van der Waals surface area contributed by atoms with E-state index in [1.54, 1.807) is 0 Å². The van der Waals surface area contributed by atoms with Crippen LogP contribution in [0, 0.1) is 0 Å². The molecular weight excluding hydrogens is 709 g/mol. The summed E-state index contributed by atoms with van der Waals surface area (Å²) in [6.45, 7) is 0. The molecule has 57 heavy (non-hydrogen) atoms. The summed E-state index contributed by atoms with van der Waals surface area (Å²) in [5.41, 5.74) is 20.8. The fraction of sp³-hybridized carbons (Fsp3) is 0.0182. The first-order valence-corrected chi connectivity index (χ1v) is 20.6. The molecular formula is C55H30OS. The molecule has 3 aliphatic rings. The van der Waals surface area contributed by atoms with Crippen molar-refractivity contribution in [3.8, 4) is 66.1 Å². The van der Waals surface area contributed by atoms with Crippen molar-refractivity contribution in [3.05, 3.63) is 204 Å². The molecule has 0 spiro atoms. The monoisotopic (exact) mass is 738 g/mol. The van der Waals surface area contributed by atoms with Gasteiger partial charge < -0.3 is 4.42 Å². The van der Waals surface area contributed by atoms with Crippen molar-refractivity contribution >= 4 is 54.1 Å². The summed E-state index contributed by atoms with van der Waals surface area (Å²) >= 11 is 1.94. The molecule has 0 radical (unpaired) electrons. The highest BCUT2D eigenvalue weighted by Gasteiger charge is 2.54. The Morgan fingerprint density at radius 2 is 0.982 bits per heavy atom. The van der Waals surface area contributed by atoms with E-state index in [0.29, 0.717) is 0 Å². The molecule has 11 aromatic rings. The van der Waals surface area contributed by atoms with Crippen LogP contribution in [0.3, 0.4) is 0 Å². The Bertz CT molecular complexity index is 3570. The number of benzene rings is 9. The number of furan rings is 1. The molecule has 1 atom stereocenters. The van der Waals surface area contributed by atoms with E-state index < -0.39 is 5.41 Å². The van der Waals surface area contributed by atoms with Gasteiger partial charge in [-0.15, -0.1) is 11.3 Å². The van der Waals surface area contributed by atoms with E-state index in [2.05, 4.69) is 182 Å². The minimum Gasteiger partial charge on any atom is -0.455 e. The lowest BCUT2D eigenvalue weighted by Crippen LogP contribution is -2.26. The van der Waals surface area contributed by atoms with E-state index in [0.717, 1.165) is 33.1 Å². The fourth-order valence-electron chi connectivity index (χ4n) is 11.1. The molecule has 0 bridgehead atoms. The van der Waals surface area contributed by atoms with Crippen molar-refractivity contribution in [1.29, 1.82) is 0 Å². The van der Waals surface area contributed by atoms with Gasteiger partial charge in [0, 0.05) is 25.9 Å². The highest BCUT2D eigenvalue weighted by molar-refractivity contribution is 7.22. The van der Waals surface area contributed by atoms with Crippen LogP contribution in [-0.4, -0.2) is 0 Å². The molecule has 2 heterocycles. The zero-order valence-corrected chi connectivity index (χ0v) is 31.5. The van der Waals surface area contributed by atoms with E-state index in [9.17, 15) is 0 Å². The van der Waals surface area contributed by atoms with Crippen LogP contribution in [0.4, 0.5) is 0 Å². The first-order valence-electron chi connectivity index (χ1n) is 19.8. The van der Waals surface area contributed by atoms with E-state index in [1.165, 1.54) is 98.1 Å². The molecule has 14 rings (SSSR count). The van der Waals surface area contributed by atoms with Crippen molar-refractivity contribution in [2.45, 2.75) is 5.41 Å². The highest BCUT2D eigenvalue weighted by Crippen LogP contribution is 2.67. The van der Waals surface area contributed by atoms with E-state index in [4.69, 9.17) is 4.42 Å². The second kappa shape index (κ2) is 10.6. The van der Waals surface area contributed by atoms with Crippen molar-refractivity contribution in [1.82, 2.24) is 0 Å². The van der Waals surface area contributed by atoms with Gasteiger partial charge in [-0.05, 0) is 124 Å². The van der Waals surface area contributed by atoms with Gasteiger partial charge >= 0.3 is 0 Å². The molecule has 2 heteroatoms. The summed E-state index contributed by atoms with van der Waals surface area (Å²) in [5.74, 6) is 0. The van der Waals surface area contributed by atoms with Gasteiger partial charge in [0.05, 0.1) is 5.41 Å². The van der Waals surface area contributed by atoms with Gasteiger partial charge in [-0.2, -0.15) is 0 Å². The third-order valence-electron chi connectivity index (χ3n) is 13.2. The summed E-state index contributed by atoms with van der Waals surface area (Å²) in [5, 5.41) is 6.24. The predicted octanol–water partition coefficient (Wildman–Crippen LogP) is 15.3. The van der Waals surface area contributed by atoms with Crippen LogP contribution in [-0.2, 0) is 5.41 Å². The maximum Gasteiger partial charge on any atom is 0.143 e. The fourth-order valence-corrected chi connectivity index (χ4v) is 12.3. The molecule has 1 nitrogen and oxygen atoms in total.